The molecule has 0 saturated heterocycles. The predicted octanol–water partition coefficient (Wildman–Crippen LogP) is 18.6. The van der Waals surface area contributed by atoms with E-state index in [0.29, 0.717) is 0 Å². The van der Waals surface area contributed by atoms with Gasteiger partial charge in [0, 0.05) is 50.9 Å². The van der Waals surface area contributed by atoms with Crippen molar-refractivity contribution >= 4 is 117 Å². The minimum Gasteiger partial charge on any atom is -0.311 e. The summed E-state index contributed by atoms with van der Waals surface area (Å²) >= 11 is 0. The van der Waals surface area contributed by atoms with Gasteiger partial charge in [-0.15, -0.1) is 12.3 Å². The van der Waals surface area contributed by atoms with Crippen LogP contribution in [-0.2, 0) is 0 Å². The zero-order valence-electron chi connectivity index (χ0n) is 43.9. The summed E-state index contributed by atoms with van der Waals surface area (Å²) in [4.78, 5) is 4.68. The van der Waals surface area contributed by atoms with Gasteiger partial charge in [0.15, 0.2) is 0 Å². The zero-order chi connectivity index (χ0) is 52.7. The molecule has 4 heteroatoms. The molecule has 0 aliphatic rings. The first-order chi connectivity index (χ1) is 38.4. The van der Waals surface area contributed by atoms with Gasteiger partial charge in [0.25, 0.3) is 0 Å². The highest BCUT2D eigenvalue weighted by atomic mass is 28.2. The highest BCUT2D eigenvalue weighted by Crippen LogP contribution is 2.48. The van der Waals surface area contributed by atoms with E-state index in [1.165, 1.54) is 98.0 Å². The van der Waals surface area contributed by atoms with Gasteiger partial charge in [-0.1, -0.05) is 219 Å². The fourth-order valence-electron chi connectivity index (χ4n) is 11.7. The summed E-state index contributed by atoms with van der Waals surface area (Å²) in [6.45, 7) is 4.47. The summed E-state index contributed by atoms with van der Waals surface area (Å²) < 4.78 is 0. The van der Waals surface area contributed by atoms with Crippen LogP contribution < -0.4 is 20.2 Å². The van der Waals surface area contributed by atoms with Crippen LogP contribution in [0.5, 0.6) is 0 Å². The van der Waals surface area contributed by atoms with Crippen LogP contribution in [0.15, 0.2) is 279 Å². The number of hydrogen-bond acceptors (Lipinski definition) is 2. The second-order valence-corrected chi connectivity index (χ2v) is 24.6. The second kappa shape index (κ2) is 20.7. The summed E-state index contributed by atoms with van der Waals surface area (Å²) in [6, 6.07) is 103. The van der Waals surface area contributed by atoms with Crippen LogP contribution in [0.1, 0.15) is 0 Å². The first kappa shape index (κ1) is 48.3. The molecule has 78 heavy (non-hydrogen) atoms. The fraction of sp³-hybridized carbons (Fsp3) is 0.0270. The Bertz CT molecular complexity index is 3980. The molecule has 0 amide bonds. The fourth-order valence-corrected chi connectivity index (χ4v) is 13.2. The molecular weight excluding hydrogens is 973 g/mol. The van der Waals surface area contributed by atoms with Crippen molar-refractivity contribution in [1.82, 2.24) is 0 Å². The Labute approximate surface area is 460 Å². The summed E-state index contributed by atoms with van der Waals surface area (Å²) in [6.07, 6.45) is 8.71. The van der Waals surface area contributed by atoms with Gasteiger partial charge < -0.3 is 9.80 Å². The number of para-hydroxylation sites is 2. The molecule has 0 heterocycles. The molecule has 13 aromatic rings. The first-order valence-electron chi connectivity index (χ1n) is 26.8. The number of fused-ring (bicyclic) bond motifs is 4. The molecule has 0 atom stereocenters. The maximum atomic E-state index is 4.35. The van der Waals surface area contributed by atoms with Crippen molar-refractivity contribution in [3.63, 3.8) is 0 Å². The number of rotatable bonds is 12. The van der Waals surface area contributed by atoms with Crippen molar-refractivity contribution in [3.05, 3.63) is 279 Å². The summed E-state index contributed by atoms with van der Waals surface area (Å²) in [7, 11) is -1.60. The SMILES string of the molecule is C=[Si](C)c1ccc(N(c2ccccc2)c2ccc(-c3c4ccccc4c(-c4ccc(-c5c6ccccc6c(-c6ccc(N(c7ccccc7)c7ccc([Si](=C)C)cc7)cc6)c6ccccc56)cc4)c4ccccc34)cc2)cc1. The van der Waals surface area contributed by atoms with Gasteiger partial charge in [0.1, 0.15) is 0 Å². The molecule has 0 N–H and O–H groups in total. The Hall–Kier alpha value is -9.33. The van der Waals surface area contributed by atoms with Crippen LogP contribution in [0.3, 0.4) is 0 Å². The van der Waals surface area contributed by atoms with E-state index in [0.717, 1.165) is 34.1 Å². The minimum atomic E-state index is -0.798. The quantitative estimate of drug-likeness (QED) is 0.0889. The molecule has 13 rings (SSSR count). The van der Waals surface area contributed by atoms with Crippen molar-refractivity contribution in [2.45, 2.75) is 13.1 Å². The molecule has 0 aromatic heterocycles. The zero-order valence-corrected chi connectivity index (χ0v) is 45.9. The average molecular weight is 1030 g/mol. The molecule has 0 radical (unpaired) electrons. The third-order valence-corrected chi connectivity index (χ3v) is 18.1. The summed E-state index contributed by atoms with van der Waals surface area (Å²) in [5.74, 6) is 0. The Kier molecular flexibility index (Phi) is 12.8. The Morgan fingerprint density at radius 3 is 0.615 bits per heavy atom. The molecule has 0 bridgehead atoms. The van der Waals surface area contributed by atoms with Gasteiger partial charge in [-0.05, 0) is 171 Å². The van der Waals surface area contributed by atoms with Crippen LogP contribution in [0.25, 0.3) is 87.6 Å². The molecular formula is C74H56N2Si2. The highest BCUT2D eigenvalue weighted by Gasteiger charge is 2.21. The summed E-state index contributed by atoms with van der Waals surface area (Å²) in [5.41, 5.74) is 16.4. The molecule has 370 valence electrons. The second-order valence-electron chi connectivity index (χ2n) is 20.3. The predicted molar refractivity (Wildman–Crippen MR) is 344 cm³/mol. The molecule has 0 aliphatic heterocycles. The monoisotopic (exact) mass is 1030 g/mol. The third kappa shape index (κ3) is 8.81. The number of nitrogens with zero attached hydrogens (tertiary/aromatic N) is 2. The van der Waals surface area contributed by atoms with Gasteiger partial charge in [0.05, 0.1) is 0 Å². The maximum Gasteiger partial charge on any atom is 0.0462 e. The number of benzene rings is 13. The standard InChI is InChI=1S/C74H56N2Si2/c1-77(2)61-47-43-59(44-48-61)75(55-19-7-5-8-20-55)57-39-35-53(36-40-57)73-67-27-15-11-23-63(67)71(64-24-12-16-28-68(64)73)51-31-33-52(34-32-51)72-65-25-13-17-29-69(65)74(70-30-18-14-26-66(70)72)54-37-41-58(42-38-54)76(56-21-9-6-10-22-56)60-45-49-62(50-46-60)78(3)4/h5-50H,1,3H2,2,4H3. The maximum absolute atomic E-state index is 4.35. The van der Waals surface area contributed by atoms with Gasteiger partial charge >= 0.3 is 0 Å². The molecule has 13 aromatic carbocycles. The van der Waals surface area contributed by atoms with E-state index < -0.39 is 16.8 Å². The minimum absolute atomic E-state index is 0.798. The van der Waals surface area contributed by atoms with E-state index >= 15 is 0 Å². The Morgan fingerprint density at radius 2 is 0.397 bits per heavy atom. The van der Waals surface area contributed by atoms with Crippen LogP contribution in [0, 0.1) is 0 Å². The molecule has 0 spiro atoms. The average Bonchev–Trinajstić information content (AvgIpc) is 3.51. The lowest BCUT2D eigenvalue weighted by Gasteiger charge is -2.26. The highest BCUT2D eigenvalue weighted by molar-refractivity contribution is 6.74. The molecule has 2 nitrogen and oxygen atoms in total. The van der Waals surface area contributed by atoms with Crippen LogP contribution >= 0.6 is 0 Å². The Morgan fingerprint density at radius 1 is 0.218 bits per heavy atom. The van der Waals surface area contributed by atoms with Crippen LogP contribution in [-0.4, -0.2) is 29.2 Å². The number of hydrogen-bond donors (Lipinski definition) is 0. The largest absolute Gasteiger partial charge is 0.311 e. The molecule has 0 saturated carbocycles. The van der Waals surface area contributed by atoms with Crippen molar-refractivity contribution in [2.75, 3.05) is 9.80 Å². The van der Waals surface area contributed by atoms with Gasteiger partial charge in [-0.25, -0.2) is 0 Å². The number of anilines is 6. The summed E-state index contributed by atoms with van der Waals surface area (Å²) in [5, 5.41) is 12.5. The van der Waals surface area contributed by atoms with Crippen LogP contribution in [0.2, 0.25) is 13.1 Å². The van der Waals surface area contributed by atoms with Crippen LogP contribution in [0.4, 0.5) is 34.1 Å². The topological polar surface area (TPSA) is 6.48 Å². The van der Waals surface area contributed by atoms with E-state index in [-0.39, 0.29) is 0 Å². The van der Waals surface area contributed by atoms with E-state index in [1.807, 2.05) is 0 Å². The van der Waals surface area contributed by atoms with Crippen molar-refractivity contribution < 1.29 is 0 Å². The molecule has 0 aliphatic carbocycles. The van der Waals surface area contributed by atoms with Crippen molar-refractivity contribution in [2.24, 2.45) is 0 Å². The lowest BCUT2D eigenvalue weighted by atomic mass is 9.84. The van der Waals surface area contributed by atoms with Crippen molar-refractivity contribution in [1.29, 1.82) is 0 Å². The van der Waals surface area contributed by atoms with Gasteiger partial charge in [0.2, 0.25) is 0 Å². The Balaban J connectivity index is 0.883. The first-order valence-corrected chi connectivity index (χ1v) is 31.2. The molecule has 0 unspecified atom stereocenters. The van der Waals surface area contributed by atoms with Crippen molar-refractivity contribution in [3.8, 4) is 44.5 Å². The van der Waals surface area contributed by atoms with Gasteiger partial charge in [-0.3, -0.25) is 0 Å². The van der Waals surface area contributed by atoms with E-state index in [1.54, 1.807) is 0 Å². The molecule has 0 fully saturated rings. The van der Waals surface area contributed by atoms with E-state index in [4.69, 9.17) is 0 Å². The lowest BCUT2D eigenvalue weighted by molar-refractivity contribution is 1.29. The normalized spacial score (nSPS) is 11.3. The van der Waals surface area contributed by atoms with Gasteiger partial charge in [-0.2, -0.15) is 0 Å². The van der Waals surface area contributed by atoms with E-state index in [9.17, 15) is 0 Å². The van der Waals surface area contributed by atoms with E-state index in [2.05, 4.69) is 314 Å². The smallest absolute Gasteiger partial charge is 0.0462 e. The lowest BCUT2D eigenvalue weighted by Crippen LogP contribution is -2.18. The third-order valence-electron chi connectivity index (χ3n) is 15.4.